The van der Waals surface area contributed by atoms with E-state index < -0.39 is 0 Å². The summed E-state index contributed by atoms with van der Waals surface area (Å²) in [5.41, 5.74) is 3.85. The van der Waals surface area contributed by atoms with Gasteiger partial charge in [0, 0.05) is 23.7 Å². The van der Waals surface area contributed by atoms with E-state index in [0.29, 0.717) is 6.04 Å². The van der Waals surface area contributed by atoms with Gasteiger partial charge in [0.05, 0.1) is 0 Å². The number of aryl methyl sites for hydroxylation is 1. The minimum absolute atomic E-state index is 0.513. The summed E-state index contributed by atoms with van der Waals surface area (Å²) in [4.78, 5) is 3.45. The molecule has 2 N–H and O–H groups in total. The zero-order valence-corrected chi connectivity index (χ0v) is 9.59. The average Bonchev–Trinajstić information content (AvgIpc) is 2.59. The first-order valence-corrected chi connectivity index (χ1v) is 5.44. The molecule has 0 saturated carbocycles. The predicted molar refractivity (Wildman–Crippen MR) is 65.3 cm³/mol. The van der Waals surface area contributed by atoms with E-state index in [-0.39, 0.29) is 0 Å². The van der Waals surface area contributed by atoms with Gasteiger partial charge >= 0.3 is 0 Å². The minimum Gasteiger partial charge on any atom is -0.358 e. The zero-order valence-electron chi connectivity index (χ0n) is 9.59. The van der Waals surface area contributed by atoms with E-state index in [9.17, 15) is 0 Å². The van der Waals surface area contributed by atoms with Crippen LogP contribution in [0.25, 0.3) is 10.9 Å². The van der Waals surface area contributed by atoms with Gasteiger partial charge in [0.1, 0.15) is 0 Å². The second-order valence-corrected chi connectivity index (χ2v) is 4.28. The Hall–Kier alpha value is -1.28. The van der Waals surface area contributed by atoms with Crippen molar-refractivity contribution in [2.75, 3.05) is 7.05 Å². The summed E-state index contributed by atoms with van der Waals surface area (Å²) < 4.78 is 0. The number of likely N-dealkylation sites (N-methyl/N-ethyl adjacent to an activating group) is 1. The molecule has 2 aromatic rings. The van der Waals surface area contributed by atoms with Crippen LogP contribution in [0.1, 0.15) is 18.2 Å². The van der Waals surface area contributed by atoms with Crippen molar-refractivity contribution in [2.45, 2.75) is 26.3 Å². The predicted octanol–water partition coefficient (Wildman–Crippen LogP) is 2.63. The van der Waals surface area contributed by atoms with Crippen LogP contribution in [0.15, 0.2) is 24.3 Å². The Morgan fingerprint density at radius 1 is 1.33 bits per heavy atom. The van der Waals surface area contributed by atoms with Crippen LogP contribution in [-0.2, 0) is 6.42 Å². The number of aromatic amines is 1. The fourth-order valence-electron chi connectivity index (χ4n) is 1.85. The lowest BCUT2D eigenvalue weighted by Crippen LogP contribution is -2.23. The van der Waals surface area contributed by atoms with Crippen molar-refractivity contribution in [3.8, 4) is 0 Å². The Balaban J connectivity index is 2.30. The highest BCUT2D eigenvalue weighted by Gasteiger charge is 2.04. The van der Waals surface area contributed by atoms with E-state index in [1.807, 2.05) is 7.05 Å². The summed E-state index contributed by atoms with van der Waals surface area (Å²) in [5.74, 6) is 0. The molecule has 15 heavy (non-hydrogen) atoms. The first-order chi connectivity index (χ1) is 7.19. The lowest BCUT2D eigenvalue weighted by Gasteiger charge is -2.07. The van der Waals surface area contributed by atoms with E-state index in [2.05, 4.69) is 48.4 Å². The molecule has 80 valence electrons. The minimum atomic E-state index is 0.513. The summed E-state index contributed by atoms with van der Waals surface area (Å²) in [6.07, 6.45) is 1.05. The van der Waals surface area contributed by atoms with Crippen LogP contribution in [0, 0.1) is 6.92 Å². The number of rotatable bonds is 3. The Kier molecular flexibility index (Phi) is 2.78. The van der Waals surface area contributed by atoms with Crippen LogP contribution in [0.3, 0.4) is 0 Å². The Morgan fingerprint density at radius 3 is 2.87 bits per heavy atom. The van der Waals surface area contributed by atoms with Crippen LogP contribution >= 0.6 is 0 Å². The molecule has 2 heteroatoms. The van der Waals surface area contributed by atoms with Crippen molar-refractivity contribution >= 4 is 10.9 Å². The van der Waals surface area contributed by atoms with Crippen molar-refractivity contribution in [1.29, 1.82) is 0 Å². The fourth-order valence-corrected chi connectivity index (χ4v) is 1.85. The highest BCUT2D eigenvalue weighted by molar-refractivity contribution is 5.81. The Morgan fingerprint density at radius 2 is 2.13 bits per heavy atom. The smallest absolute Gasteiger partial charge is 0.0456 e. The van der Waals surface area contributed by atoms with Crippen LogP contribution < -0.4 is 5.32 Å². The highest BCUT2D eigenvalue weighted by atomic mass is 14.9. The van der Waals surface area contributed by atoms with Gasteiger partial charge < -0.3 is 10.3 Å². The summed E-state index contributed by atoms with van der Waals surface area (Å²) in [6, 6.07) is 9.27. The third kappa shape index (κ3) is 2.21. The van der Waals surface area contributed by atoms with Crippen LogP contribution in [0.5, 0.6) is 0 Å². The number of H-pyrrole nitrogens is 1. The first kappa shape index (κ1) is 10.2. The third-order valence-electron chi connectivity index (χ3n) is 2.85. The van der Waals surface area contributed by atoms with E-state index in [1.165, 1.54) is 22.2 Å². The Labute approximate surface area is 90.7 Å². The maximum absolute atomic E-state index is 3.45. The van der Waals surface area contributed by atoms with Gasteiger partial charge in [-0.2, -0.15) is 0 Å². The standard InChI is InChI=1S/C13H18N2/c1-9-4-5-13-11(6-9)8-12(15-13)7-10(2)14-3/h4-6,8,10,14-15H,7H2,1-3H3. The van der Waals surface area contributed by atoms with E-state index in [4.69, 9.17) is 0 Å². The number of hydrogen-bond acceptors (Lipinski definition) is 1. The molecule has 1 aromatic carbocycles. The molecule has 0 amide bonds. The van der Waals surface area contributed by atoms with Gasteiger partial charge in [-0.05, 0) is 44.5 Å². The van der Waals surface area contributed by atoms with Gasteiger partial charge in [-0.15, -0.1) is 0 Å². The number of fused-ring (bicyclic) bond motifs is 1. The normalized spacial score (nSPS) is 13.3. The lowest BCUT2D eigenvalue weighted by molar-refractivity contribution is 0.603. The molecule has 1 aromatic heterocycles. The van der Waals surface area contributed by atoms with Crippen LogP contribution in [0.2, 0.25) is 0 Å². The molecule has 0 aliphatic carbocycles. The maximum atomic E-state index is 3.45. The van der Waals surface area contributed by atoms with Crippen molar-refractivity contribution < 1.29 is 0 Å². The second-order valence-electron chi connectivity index (χ2n) is 4.28. The summed E-state index contributed by atoms with van der Waals surface area (Å²) in [6.45, 7) is 4.32. The molecule has 2 rings (SSSR count). The monoisotopic (exact) mass is 202 g/mol. The number of hydrogen-bond donors (Lipinski definition) is 2. The van der Waals surface area contributed by atoms with E-state index in [1.54, 1.807) is 0 Å². The van der Waals surface area contributed by atoms with Gasteiger partial charge in [0.25, 0.3) is 0 Å². The molecule has 0 aliphatic rings. The molecule has 0 fully saturated rings. The Bertz CT molecular complexity index is 457. The van der Waals surface area contributed by atoms with Gasteiger partial charge in [-0.25, -0.2) is 0 Å². The molecule has 1 heterocycles. The quantitative estimate of drug-likeness (QED) is 0.786. The molecule has 2 nitrogen and oxygen atoms in total. The molecule has 0 aliphatic heterocycles. The zero-order chi connectivity index (χ0) is 10.8. The van der Waals surface area contributed by atoms with Crippen LogP contribution in [0.4, 0.5) is 0 Å². The van der Waals surface area contributed by atoms with E-state index >= 15 is 0 Å². The topological polar surface area (TPSA) is 27.8 Å². The number of aromatic nitrogens is 1. The first-order valence-electron chi connectivity index (χ1n) is 5.44. The van der Waals surface area contributed by atoms with Gasteiger partial charge in [0.15, 0.2) is 0 Å². The third-order valence-corrected chi connectivity index (χ3v) is 2.85. The van der Waals surface area contributed by atoms with Crippen molar-refractivity contribution in [3.63, 3.8) is 0 Å². The molecule has 1 atom stereocenters. The number of benzene rings is 1. The molecule has 0 radical (unpaired) electrons. The maximum Gasteiger partial charge on any atom is 0.0456 e. The summed E-state index contributed by atoms with van der Waals surface area (Å²) >= 11 is 0. The summed E-state index contributed by atoms with van der Waals surface area (Å²) in [7, 11) is 2.00. The molecular weight excluding hydrogens is 184 g/mol. The van der Waals surface area contributed by atoms with Crippen molar-refractivity contribution in [3.05, 3.63) is 35.5 Å². The highest BCUT2D eigenvalue weighted by Crippen LogP contribution is 2.17. The van der Waals surface area contributed by atoms with Gasteiger partial charge in [-0.3, -0.25) is 0 Å². The average molecular weight is 202 g/mol. The second kappa shape index (κ2) is 4.07. The van der Waals surface area contributed by atoms with E-state index in [0.717, 1.165) is 6.42 Å². The molecule has 0 saturated heterocycles. The number of nitrogens with one attached hydrogen (secondary N) is 2. The molecule has 1 unspecified atom stereocenters. The fraction of sp³-hybridized carbons (Fsp3) is 0.385. The van der Waals surface area contributed by atoms with Gasteiger partial charge in [0.2, 0.25) is 0 Å². The SMILES string of the molecule is CNC(C)Cc1cc2cc(C)ccc2[nH]1. The molecule has 0 bridgehead atoms. The molecular formula is C13H18N2. The largest absolute Gasteiger partial charge is 0.358 e. The van der Waals surface area contributed by atoms with Gasteiger partial charge in [-0.1, -0.05) is 11.6 Å². The van der Waals surface area contributed by atoms with Crippen LogP contribution in [-0.4, -0.2) is 18.1 Å². The van der Waals surface area contributed by atoms with Crippen molar-refractivity contribution in [1.82, 2.24) is 10.3 Å². The summed E-state index contributed by atoms with van der Waals surface area (Å²) in [5, 5.41) is 4.56. The van der Waals surface area contributed by atoms with Crippen molar-refractivity contribution in [2.24, 2.45) is 0 Å². The molecule has 0 spiro atoms. The lowest BCUT2D eigenvalue weighted by atomic mass is 10.1.